The van der Waals surface area contributed by atoms with Crippen molar-refractivity contribution >= 4 is 0 Å². The summed E-state index contributed by atoms with van der Waals surface area (Å²) in [5.74, 6) is 0.650. The number of halogens is 1. The highest BCUT2D eigenvalue weighted by Gasteiger charge is 2.05. The van der Waals surface area contributed by atoms with E-state index in [9.17, 15) is 4.39 Å². The maximum atomic E-state index is 12.8. The molecule has 0 fully saturated rings. The summed E-state index contributed by atoms with van der Waals surface area (Å²) < 4.78 is 18.0. The summed E-state index contributed by atoms with van der Waals surface area (Å²) in [6.45, 7) is 2.80. The number of nitrogens with one attached hydrogen (secondary N) is 1. The minimum Gasteiger partial charge on any atom is -0.497 e. The lowest BCUT2D eigenvalue weighted by molar-refractivity contribution is 0.413. The minimum atomic E-state index is -0.204. The van der Waals surface area contributed by atoms with Gasteiger partial charge < -0.3 is 10.1 Å². The molecule has 0 saturated carbocycles. The van der Waals surface area contributed by atoms with Gasteiger partial charge >= 0.3 is 0 Å². The second-order valence-corrected chi connectivity index (χ2v) is 4.51. The van der Waals surface area contributed by atoms with Crippen LogP contribution in [0.15, 0.2) is 48.5 Å². The number of ether oxygens (including phenoxy) is 1. The summed E-state index contributed by atoms with van der Waals surface area (Å²) in [5.41, 5.74) is 2.23. The van der Waals surface area contributed by atoms with E-state index in [1.165, 1.54) is 17.7 Å². The molecule has 19 heavy (non-hydrogen) atoms. The van der Waals surface area contributed by atoms with Gasteiger partial charge in [0, 0.05) is 12.6 Å². The van der Waals surface area contributed by atoms with Crippen molar-refractivity contribution < 1.29 is 9.13 Å². The smallest absolute Gasteiger partial charge is 0.123 e. The van der Waals surface area contributed by atoms with Crippen LogP contribution < -0.4 is 10.1 Å². The molecule has 0 amide bonds. The van der Waals surface area contributed by atoms with Gasteiger partial charge in [-0.15, -0.1) is 0 Å². The van der Waals surface area contributed by atoms with Gasteiger partial charge in [-0.2, -0.15) is 0 Å². The SMILES string of the molecule is COc1cccc([C@H](C)NCc2ccc(F)cc2)c1. The van der Waals surface area contributed by atoms with Crippen molar-refractivity contribution in [2.24, 2.45) is 0 Å². The van der Waals surface area contributed by atoms with Gasteiger partial charge in [-0.05, 0) is 42.3 Å². The quantitative estimate of drug-likeness (QED) is 0.884. The van der Waals surface area contributed by atoms with Crippen molar-refractivity contribution in [3.8, 4) is 5.75 Å². The molecule has 100 valence electrons. The molecule has 0 unspecified atom stereocenters. The van der Waals surface area contributed by atoms with Crippen LogP contribution in [0.5, 0.6) is 5.75 Å². The van der Waals surface area contributed by atoms with Gasteiger partial charge in [0.05, 0.1) is 7.11 Å². The zero-order chi connectivity index (χ0) is 13.7. The molecule has 2 rings (SSSR count). The van der Waals surface area contributed by atoms with Crippen LogP contribution in [0, 0.1) is 5.82 Å². The largest absolute Gasteiger partial charge is 0.497 e. The van der Waals surface area contributed by atoms with Gasteiger partial charge in [-0.25, -0.2) is 4.39 Å². The van der Waals surface area contributed by atoms with Crippen molar-refractivity contribution in [2.75, 3.05) is 7.11 Å². The first kappa shape index (κ1) is 13.6. The van der Waals surface area contributed by atoms with E-state index in [1.54, 1.807) is 19.2 Å². The van der Waals surface area contributed by atoms with Gasteiger partial charge in [0.15, 0.2) is 0 Å². The van der Waals surface area contributed by atoms with Gasteiger partial charge in [0.1, 0.15) is 11.6 Å². The molecule has 0 aliphatic heterocycles. The Hall–Kier alpha value is -1.87. The van der Waals surface area contributed by atoms with E-state index in [1.807, 2.05) is 18.2 Å². The lowest BCUT2D eigenvalue weighted by Gasteiger charge is -2.15. The molecule has 0 aliphatic rings. The maximum Gasteiger partial charge on any atom is 0.123 e. The molecular weight excluding hydrogens is 241 g/mol. The molecule has 0 spiro atoms. The van der Waals surface area contributed by atoms with E-state index in [2.05, 4.69) is 18.3 Å². The number of rotatable bonds is 5. The predicted molar refractivity (Wildman–Crippen MR) is 74.6 cm³/mol. The molecule has 0 aliphatic carbocycles. The normalized spacial score (nSPS) is 12.2. The molecule has 2 aromatic carbocycles. The molecule has 0 heterocycles. The first-order valence-corrected chi connectivity index (χ1v) is 6.31. The Morgan fingerprint density at radius 2 is 1.89 bits per heavy atom. The fraction of sp³-hybridized carbons (Fsp3) is 0.250. The third kappa shape index (κ3) is 3.80. The van der Waals surface area contributed by atoms with E-state index >= 15 is 0 Å². The van der Waals surface area contributed by atoms with Crippen LogP contribution in [0.25, 0.3) is 0 Å². The monoisotopic (exact) mass is 259 g/mol. The third-order valence-corrected chi connectivity index (χ3v) is 3.12. The zero-order valence-corrected chi connectivity index (χ0v) is 11.2. The molecule has 0 saturated heterocycles. The zero-order valence-electron chi connectivity index (χ0n) is 11.2. The molecule has 0 radical (unpaired) electrons. The highest BCUT2D eigenvalue weighted by Crippen LogP contribution is 2.19. The third-order valence-electron chi connectivity index (χ3n) is 3.12. The van der Waals surface area contributed by atoms with E-state index in [-0.39, 0.29) is 11.9 Å². The Balaban J connectivity index is 1.96. The summed E-state index contributed by atoms with van der Waals surface area (Å²) in [5, 5.41) is 3.41. The number of methoxy groups -OCH3 is 1. The molecular formula is C16H18FNO. The topological polar surface area (TPSA) is 21.3 Å². The Morgan fingerprint density at radius 1 is 1.16 bits per heavy atom. The van der Waals surface area contributed by atoms with Crippen LogP contribution in [-0.4, -0.2) is 7.11 Å². The lowest BCUT2D eigenvalue weighted by Crippen LogP contribution is -2.18. The summed E-state index contributed by atoms with van der Waals surface area (Å²) in [6.07, 6.45) is 0. The van der Waals surface area contributed by atoms with Gasteiger partial charge in [0.2, 0.25) is 0 Å². The Kier molecular flexibility index (Phi) is 4.53. The van der Waals surface area contributed by atoms with Crippen molar-refractivity contribution in [1.29, 1.82) is 0 Å². The van der Waals surface area contributed by atoms with Crippen LogP contribution in [-0.2, 0) is 6.54 Å². The summed E-state index contributed by atoms with van der Waals surface area (Å²) in [6, 6.07) is 14.7. The van der Waals surface area contributed by atoms with Gasteiger partial charge in [0.25, 0.3) is 0 Å². The van der Waals surface area contributed by atoms with Crippen LogP contribution in [0.1, 0.15) is 24.1 Å². The average Bonchev–Trinajstić information content (AvgIpc) is 2.46. The second kappa shape index (κ2) is 6.34. The second-order valence-electron chi connectivity index (χ2n) is 4.51. The molecule has 0 bridgehead atoms. The van der Waals surface area contributed by atoms with Gasteiger partial charge in [-0.1, -0.05) is 24.3 Å². The highest BCUT2D eigenvalue weighted by molar-refractivity contribution is 5.30. The lowest BCUT2D eigenvalue weighted by atomic mass is 10.1. The van der Waals surface area contributed by atoms with Crippen LogP contribution in [0.4, 0.5) is 4.39 Å². The van der Waals surface area contributed by atoms with Crippen molar-refractivity contribution in [3.05, 3.63) is 65.5 Å². The van der Waals surface area contributed by atoms with Crippen molar-refractivity contribution in [1.82, 2.24) is 5.32 Å². The predicted octanol–water partition coefficient (Wildman–Crippen LogP) is 3.69. The van der Waals surface area contributed by atoms with Crippen LogP contribution in [0.3, 0.4) is 0 Å². The highest BCUT2D eigenvalue weighted by atomic mass is 19.1. The molecule has 1 N–H and O–H groups in total. The Morgan fingerprint density at radius 3 is 2.58 bits per heavy atom. The van der Waals surface area contributed by atoms with Crippen molar-refractivity contribution in [2.45, 2.75) is 19.5 Å². The van der Waals surface area contributed by atoms with E-state index in [0.717, 1.165) is 11.3 Å². The number of hydrogen-bond donors (Lipinski definition) is 1. The van der Waals surface area contributed by atoms with E-state index in [4.69, 9.17) is 4.74 Å². The molecule has 2 nitrogen and oxygen atoms in total. The first-order chi connectivity index (χ1) is 9.19. The molecule has 0 aromatic heterocycles. The number of hydrogen-bond acceptors (Lipinski definition) is 2. The Bertz CT molecular complexity index is 525. The van der Waals surface area contributed by atoms with Gasteiger partial charge in [-0.3, -0.25) is 0 Å². The van der Waals surface area contributed by atoms with Crippen molar-refractivity contribution in [3.63, 3.8) is 0 Å². The Labute approximate surface area is 113 Å². The fourth-order valence-corrected chi connectivity index (χ4v) is 1.90. The molecule has 2 aromatic rings. The van der Waals surface area contributed by atoms with E-state index < -0.39 is 0 Å². The summed E-state index contributed by atoms with van der Waals surface area (Å²) >= 11 is 0. The van der Waals surface area contributed by atoms with Crippen LogP contribution >= 0.6 is 0 Å². The minimum absolute atomic E-state index is 0.204. The average molecular weight is 259 g/mol. The van der Waals surface area contributed by atoms with Crippen LogP contribution in [0.2, 0.25) is 0 Å². The fourth-order valence-electron chi connectivity index (χ4n) is 1.90. The maximum absolute atomic E-state index is 12.8. The standard InChI is InChI=1S/C16H18FNO/c1-12(14-4-3-5-16(10-14)19-2)18-11-13-6-8-15(17)9-7-13/h3-10,12,18H,11H2,1-2H3/t12-/m0/s1. The molecule has 1 atom stereocenters. The van der Waals surface area contributed by atoms with E-state index in [0.29, 0.717) is 6.54 Å². The number of benzene rings is 2. The summed E-state index contributed by atoms with van der Waals surface area (Å²) in [7, 11) is 1.66. The summed E-state index contributed by atoms with van der Waals surface area (Å²) in [4.78, 5) is 0. The first-order valence-electron chi connectivity index (χ1n) is 6.31. The molecule has 3 heteroatoms.